The van der Waals surface area contributed by atoms with Crippen LogP contribution in [-0.4, -0.2) is 17.0 Å². The van der Waals surface area contributed by atoms with E-state index in [2.05, 4.69) is 10.5 Å². The number of hydrogen-bond donors (Lipinski definition) is 1. The lowest BCUT2D eigenvalue weighted by atomic mass is 10.1. The number of non-ortho nitro benzene ring substituents is 1. The summed E-state index contributed by atoms with van der Waals surface area (Å²) < 4.78 is 5.58. The Morgan fingerprint density at radius 2 is 1.89 bits per heavy atom. The van der Waals surface area contributed by atoms with Gasteiger partial charge in [0.05, 0.1) is 26.7 Å². The van der Waals surface area contributed by atoms with E-state index >= 15 is 0 Å². The number of furan rings is 1. The fourth-order valence-corrected chi connectivity index (χ4v) is 2.73. The average molecular weight is 404 g/mol. The van der Waals surface area contributed by atoms with Crippen molar-refractivity contribution in [3.63, 3.8) is 0 Å². The number of amides is 1. The summed E-state index contributed by atoms with van der Waals surface area (Å²) in [5.74, 6) is 0.315. The summed E-state index contributed by atoms with van der Waals surface area (Å²) in [5, 5.41) is 15.1. The first-order valence-corrected chi connectivity index (χ1v) is 8.33. The third-order valence-electron chi connectivity index (χ3n) is 3.53. The molecule has 136 valence electrons. The summed E-state index contributed by atoms with van der Waals surface area (Å²) in [6.07, 6.45) is 1.32. The van der Waals surface area contributed by atoms with E-state index < -0.39 is 10.8 Å². The number of nitrogens with one attached hydrogen (secondary N) is 1. The Kier molecular flexibility index (Phi) is 5.54. The molecule has 0 aliphatic rings. The topological polar surface area (TPSA) is 97.7 Å². The second-order valence-corrected chi connectivity index (χ2v) is 6.12. The van der Waals surface area contributed by atoms with Crippen LogP contribution in [0.15, 0.2) is 64.1 Å². The third kappa shape index (κ3) is 4.33. The first-order valence-electron chi connectivity index (χ1n) is 7.58. The molecule has 0 fully saturated rings. The number of carbonyl (C=O) groups excluding carboxylic acids is 1. The van der Waals surface area contributed by atoms with Gasteiger partial charge in [0.15, 0.2) is 0 Å². The molecule has 0 unspecified atom stereocenters. The molecule has 1 amide bonds. The zero-order valence-electron chi connectivity index (χ0n) is 13.6. The molecular weight excluding hydrogens is 393 g/mol. The summed E-state index contributed by atoms with van der Waals surface area (Å²) in [7, 11) is 0. The molecule has 0 bridgehead atoms. The maximum Gasteiger partial charge on any atom is 0.272 e. The van der Waals surface area contributed by atoms with E-state index in [0.29, 0.717) is 27.7 Å². The highest BCUT2D eigenvalue weighted by Gasteiger charge is 2.13. The molecule has 2 aromatic carbocycles. The van der Waals surface area contributed by atoms with Crippen LogP contribution in [0.1, 0.15) is 16.1 Å². The summed E-state index contributed by atoms with van der Waals surface area (Å²) in [4.78, 5) is 22.2. The van der Waals surface area contributed by atoms with Crippen molar-refractivity contribution >= 4 is 41.0 Å². The number of rotatable bonds is 5. The van der Waals surface area contributed by atoms with Crippen molar-refractivity contribution < 1.29 is 14.1 Å². The maximum atomic E-state index is 12.0. The van der Waals surface area contributed by atoms with Crippen molar-refractivity contribution in [2.24, 2.45) is 5.10 Å². The fourth-order valence-electron chi connectivity index (χ4n) is 2.24. The smallest absolute Gasteiger partial charge is 0.272 e. The Balaban J connectivity index is 1.71. The van der Waals surface area contributed by atoms with Crippen LogP contribution in [0, 0.1) is 10.1 Å². The number of hydrogen-bond acceptors (Lipinski definition) is 5. The van der Waals surface area contributed by atoms with Gasteiger partial charge in [-0.25, -0.2) is 5.43 Å². The summed E-state index contributed by atoms with van der Waals surface area (Å²) in [6.45, 7) is 0. The van der Waals surface area contributed by atoms with E-state index in [1.54, 1.807) is 36.4 Å². The van der Waals surface area contributed by atoms with Gasteiger partial charge in [0, 0.05) is 17.7 Å². The molecule has 0 saturated heterocycles. The molecule has 0 spiro atoms. The molecule has 0 atom stereocenters. The number of nitrogens with zero attached hydrogens (tertiary/aromatic N) is 2. The zero-order chi connectivity index (χ0) is 19.4. The Morgan fingerprint density at radius 3 is 2.59 bits per heavy atom. The van der Waals surface area contributed by atoms with E-state index in [1.807, 2.05) is 0 Å². The van der Waals surface area contributed by atoms with Gasteiger partial charge in [-0.2, -0.15) is 5.10 Å². The molecule has 1 aromatic heterocycles. The largest absolute Gasteiger partial charge is 0.455 e. The first kappa shape index (κ1) is 18.6. The minimum Gasteiger partial charge on any atom is -0.455 e. The van der Waals surface area contributed by atoms with Crippen molar-refractivity contribution in [2.75, 3.05) is 0 Å². The van der Waals surface area contributed by atoms with Crippen molar-refractivity contribution in [3.8, 4) is 11.3 Å². The highest BCUT2D eigenvalue weighted by atomic mass is 35.5. The molecule has 1 N–H and O–H groups in total. The highest BCUT2D eigenvalue weighted by Crippen LogP contribution is 2.32. The maximum absolute atomic E-state index is 12.0. The van der Waals surface area contributed by atoms with Gasteiger partial charge < -0.3 is 4.42 Å². The van der Waals surface area contributed by atoms with E-state index in [0.717, 1.165) is 0 Å². The van der Waals surface area contributed by atoms with Crippen molar-refractivity contribution in [2.45, 2.75) is 0 Å². The van der Waals surface area contributed by atoms with Gasteiger partial charge in [0.2, 0.25) is 0 Å². The minimum absolute atomic E-state index is 0.112. The number of nitro groups is 1. The van der Waals surface area contributed by atoms with Crippen LogP contribution in [0.2, 0.25) is 10.0 Å². The molecule has 0 radical (unpaired) electrons. The Bertz CT molecular complexity index is 1050. The molecule has 0 saturated carbocycles. The lowest BCUT2D eigenvalue weighted by Gasteiger charge is -2.01. The van der Waals surface area contributed by atoms with Gasteiger partial charge in [-0.3, -0.25) is 14.9 Å². The number of carbonyl (C=O) groups is 1. The zero-order valence-corrected chi connectivity index (χ0v) is 15.1. The van der Waals surface area contributed by atoms with Crippen molar-refractivity contribution in [1.29, 1.82) is 0 Å². The van der Waals surface area contributed by atoms with Gasteiger partial charge in [-0.1, -0.05) is 35.3 Å². The van der Waals surface area contributed by atoms with Gasteiger partial charge in [-0.15, -0.1) is 0 Å². The lowest BCUT2D eigenvalue weighted by Crippen LogP contribution is -2.17. The Morgan fingerprint density at radius 1 is 1.11 bits per heavy atom. The van der Waals surface area contributed by atoms with Gasteiger partial charge in [0.25, 0.3) is 11.6 Å². The molecular formula is C18H11Cl2N3O4. The number of halogens is 2. The number of nitro benzene ring substituents is 1. The Hall–Kier alpha value is -3.16. The lowest BCUT2D eigenvalue weighted by molar-refractivity contribution is -0.384. The van der Waals surface area contributed by atoms with Crippen LogP contribution in [0.5, 0.6) is 0 Å². The molecule has 27 heavy (non-hydrogen) atoms. The molecule has 3 aromatic rings. The first-order chi connectivity index (χ1) is 13.0. The summed E-state index contributed by atoms with van der Waals surface area (Å²) in [6, 6.07) is 13.9. The van der Waals surface area contributed by atoms with Crippen LogP contribution >= 0.6 is 23.2 Å². The van der Waals surface area contributed by atoms with Crippen LogP contribution in [0.4, 0.5) is 5.69 Å². The van der Waals surface area contributed by atoms with Crippen LogP contribution < -0.4 is 5.43 Å². The molecule has 9 heteroatoms. The highest BCUT2D eigenvalue weighted by molar-refractivity contribution is 6.34. The minimum atomic E-state index is -0.530. The quantitative estimate of drug-likeness (QED) is 0.371. The van der Waals surface area contributed by atoms with Gasteiger partial charge >= 0.3 is 0 Å². The molecule has 7 nitrogen and oxygen atoms in total. The molecule has 0 aliphatic heterocycles. The predicted molar refractivity (Wildman–Crippen MR) is 102 cm³/mol. The van der Waals surface area contributed by atoms with Crippen molar-refractivity contribution in [3.05, 3.63) is 86.1 Å². The summed E-state index contributed by atoms with van der Waals surface area (Å²) >= 11 is 12.0. The summed E-state index contributed by atoms with van der Waals surface area (Å²) in [5.41, 5.74) is 3.04. The second kappa shape index (κ2) is 8.03. The normalized spacial score (nSPS) is 10.9. The van der Waals surface area contributed by atoms with E-state index in [1.165, 1.54) is 24.4 Å². The fraction of sp³-hybridized carbons (Fsp3) is 0. The average Bonchev–Trinajstić information content (AvgIpc) is 3.10. The standard InChI is InChI=1S/C18H11Cl2N3O4/c19-15-4-2-1-3-14(15)18(24)22-21-10-12-6-8-17(27-12)13-7-5-11(23(25)26)9-16(13)20/h1-10H,(H,22,24)/b21-10-. The van der Waals surface area contributed by atoms with E-state index in [4.69, 9.17) is 27.6 Å². The SMILES string of the molecule is O=C(N/N=C\c1ccc(-c2ccc([N+](=O)[O-])cc2Cl)o1)c1ccccc1Cl. The number of hydrazone groups is 1. The van der Waals surface area contributed by atoms with E-state index in [9.17, 15) is 14.9 Å². The van der Waals surface area contributed by atoms with Crippen LogP contribution in [-0.2, 0) is 0 Å². The number of benzene rings is 2. The van der Waals surface area contributed by atoms with Gasteiger partial charge in [0.1, 0.15) is 11.5 Å². The molecule has 1 heterocycles. The monoisotopic (exact) mass is 403 g/mol. The van der Waals surface area contributed by atoms with Crippen LogP contribution in [0.25, 0.3) is 11.3 Å². The second-order valence-electron chi connectivity index (χ2n) is 5.30. The Labute approximate surface area is 163 Å². The van der Waals surface area contributed by atoms with Crippen LogP contribution in [0.3, 0.4) is 0 Å². The third-order valence-corrected chi connectivity index (χ3v) is 4.17. The predicted octanol–water partition coefficient (Wildman–Crippen LogP) is 4.93. The van der Waals surface area contributed by atoms with E-state index in [-0.39, 0.29) is 10.7 Å². The molecule has 3 rings (SSSR count). The van der Waals surface area contributed by atoms with Crippen molar-refractivity contribution in [1.82, 2.24) is 5.43 Å². The van der Waals surface area contributed by atoms with Gasteiger partial charge in [-0.05, 0) is 30.3 Å². The molecule has 0 aliphatic carbocycles.